The smallest absolute Gasteiger partial charge is 0.418 e. The highest BCUT2D eigenvalue weighted by Gasteiger charge is 2.33. The van der Waals surface area contributed by atoms with E-state index in [2.05, 4.69) is 20.7 Å². The third kappa shape index (κ3) is 3.49. The molecule has 18 heavy (non-hydrogen) atoms. The number of rotatable bonds is 2. The lowest BCUT2D eigenvalue weighted by Gasteiger charge is -2.12. The molecule has 1 aromatic carbocycles. The summed E-state index contributed by atoms with van der Waals surface area (Å²) in [7, 11) is 1.16. The molecule has 0 unspecified atom stereocenters. The van der Waals surface area contributed by atoms with E-state index in [1.165, 1.54) is 12.1 Å². The Morgan fingerprint density at radius 1 is 1.44 bits per heavy atom. The van der Waals surface area contributed by atoms with Crippen LogP contribution in [0.2, 0.25) is 0 Å². The van der Waals surface area contributed by atoms with Gasteiger partial charge in [-0.3, -0.25) is 0 Å². The molecule has 3 nitrogen and oxygen atoms in total. The van der Waals surface area contributed by atoms with Crippen molar-refractivity contribution >= 4 is 33.7 Å². The molecule has 0 amide bonds. The van der Waals surface area contributed by atoms with Crippen LogP contribution >= 0.6 is 15.9 Å². The quantitative estimate of drug-likeness (QED) is 0.516. The zero-order chi connectivity index (χ0) is 13.9. The van der Waals surface area contributed by atoms with E-state index >= 15 is 0 Å². The molecule has 0 saturated heterocycles. The Morgan fingerprint density at radius 2 is 2.06 bits per heavy atom. The number of esters is 1. The first-order valence-corrected chi connectivity index (χ1v) is 5.47. The van der Waals surface area contributed by atoms with Crippen molar-refractivity contribution < 1.29 is 22.7 Å². The second-order valence-electron chi connectivity index (χ2n) is 3.31. The van der Waals surface area contributed by atoms with Gasteiger partial charge in [-0.15, -0.1) is 0 Å². The van der Waals surface area contributed by atoms with E-state index in [1.54, 1.807) is 0 Å². The van der Waals surface area contributed by atoms with Gasteiger partial charge >= 0.3 is 12.1 Å². The predicted molar refractivity (Wildman–Crippen MR) is 64.6 cm³/mol. The van der Waals surface area contributed by atoms with E-state index in [-0.39, 0.29) is 10.0 Å². The Labute approximate surface area is 110 Å². The van der Waals surface area contributed by atoms with Gasteiger partial charge in [-0.05, 0) is 23.8 Å². The van der Waals surface area contributed by atoms with Crippen molar-refractivity contribution in [2.75, 3.05) is 12.8 Å². The molecule has 0 spiro atoms. The van der Waals surface area contributed by atoms with E-state index in [9.17, 15) is 18.0 Å². The van der Waals surface area contributed by atoms with Crippen LogP contribution in [0.25, 0.3) is 6.08 Å². The van der Waals surface area contributed by atoms with Gasteiger partial charge in [0.1, 0.15) is 0 Å². The number of hydrogen-bond donors (Lipinski definition) is 1. The number of nitrogens with two attached hydrogens (primary N) is 1. The fourth-order valence-corrected chi connectivity index (χ4v) is 1.71. The van der Waals surface area contributed by atoms with Crippen molar-refractivity contribution in [3.8, 4) is 0 Å². The molecule has 0 aromatic heterocycles. The normalized spacial score (nSPS) is 11.8. The van der Waals surface area contributed by atoms with Crippen LogP contribution in [-0.4, -0.2) is 13.1 Å². The van der Waals surface area contributed by atoms with Gasteiger partial charge in [-0.25, -0.2) is 4.79 Å². The standard InChI is InChI=1S/C11H9BrF3NO2/c1-18-9(17)3-2-6-4-7(12)5-8(10(6)16)11(13,14)15/h2-5H,16H2,1H3/b3-2+. The minimum Gasteiger partial charge on any atom is -0.466 e. The van der Waals surface area contributed by atoms with Crippen LogP contribution in [0.5, 0.6) is 0 Å². The van der Waals surface area contributed by atoms with Gasteiger partial charge < -0.3 is 10.5 Å². The van der Waals surface area contributed by atoms with Crippen molar-refractivity contribution in [1.82, 2.24) is 0 Å². The average Bonchev–Trinajstić information content (AvgIpc) is 2.27. The van der Waals surface area contributed by atoms with Gasteiger partial charge in [0.05, 0.1) is 18.4 Å². The summed E-state index contributed by atoms with van der Waals surface area (Å²) < 4.78 is 42.5. The molecule has 0 aliphatic rings. The molecule has 1 aromatic rings. The maximum atomic E-state index is 12.7. The third-order valence-electron chi connectivity index (χ3n) is 2.08. The summed E-state index contributed by atoms with van der Waals surface area (Å²) in [5.41, 5.74) is 4.11. The topological polar surface area (TPSA) is 52.3 Å². The van der Waals surface area contributed by atoms with E-state index < -0.39 is 23.4 Å². The van der Waals surface area contributed by atoms with Crippen molar-refractivity contribution in [3.63, 3.8) is 0 Å². The number of alkyl halides is 3. The molecule has 0 heterocycles. The molecule has 2 N–H and O–H groups in total. The Morgan fingerprint density at radius 3 is 2.56 bits per heavy atom. The monoisotopic (exact) mass is 323 g/mol. The molecule has 0 aliphatic carbocycles. The molecule has 0 saturated carbocycles. The number of methoxy groups -OCH3 is 1. The minimum atomic E-state index is -4.55. The van der Waals surface area contributed by atoms with Crippen molar-refractivity contribution in [2.45, 2.75) is 6.18 Å². The molecule has 98 valence electrons. The summed E-state index contributed by atoms with van der Waals surface area (Å²) in [5.74, 6) is -0.678. The van der Waals surface area contributed by atoms with Crippen LogP contribution in [0.3, 0.4) is 0 Å². The number of halogens is 4. The number of hydrogen-bond acceptors (Lipinski definition) is 3. The number of ether oxygens (including phenoxy) is 1. The molecule has 7 heteroatoms. The van der Waals surface area contributed by atoms with Gasteiger partial charge in [-0.1, -0.05) is 15.9 Å². The lowest BCUT2D eigenvalue weighted by Crippen LogP contribution is -2.10. The zero-order valence-corrected chi connectivity index (χ0v) is 10.8. The van der Waals surface area contributed by atoms with Gasteiger partial charge in [0.2, 0.25) is 0 Å². The van der Waals surface area contributed by atoms with Crippen molar-refractivity contribution in [3.05, 3.63) is 33.8 Å². The van der Waals surface area contributed by atoms with Gasteiger partial charge in [0.25, 0.3) is 0 Å². The van der Waals surface area contributed by atoms with Gasteiger partial charge in [0.15, 0.2) is 0 Å². The highest BCUT2D eigenvalue weighted by Crippen LogP contribution is 2.37. The minimum absolute atomic E-state index is 0.0853. The van der Waals surface area contributed by atoms with E-state index in [0.29, 0.717) is 0 Å². The Balaban J connectivity index is 3.26. The largest absolute Gasteiger partial charge is 0.466 e. The molecule has 1 rings (SSSR count). The number of carbonyl (C=O) groups excluding carboxylic acids is 1. The summed E-state index contributed by atoms with van der Waals surface area (Å²) in [6.07, 6.45) is -2.39. The predicted octanol–water partition coefficient (Wildman–Crippen LogP) is 3.24. The molecule has 0 aliphatic heterocycles. The number of nitrogen functional groups attached to an aromatic ring is 1. The third-order valence-corrected chi connectivity index (χ3v) is 2.54. The average molecular weight is 324 g/mol. The summed E-state index contributed by atoms with van der Waals surface area (Å²) in [5, 5.41) is 0. The fourth-order valence-electron chi connectivity index (χ4n) is 1.24. The first-order chi connectivity index (χ1) is 8.25. The lowest BCUT2D eigenvalue weighted by molar-refractivity contribution is -0.137. The maximum Gasteiger partial charge on any atom is 0.418 e. The molecule has 0 atom stereocenters. The van der Waals surface area contributed by atoms with Crippen LogP contribution in [0.4, 0.5) is 18.9 Å². The van der Waals surface area contributed by atoms with Crippen molar-refractivity contribution in [2.24, 2.45) is 0 Å². The second-order valence-corrected chi connectivity index (χ2v) is 4.23. The Bertz CT molecular complexity index is 498. The fraction of sp³-hybridized carbons (Fsp3) is 0.182. The van der Waals surface area contributed by atoms with Crippen LogP contribution in [0, 0.1) is 0 Å². The summed E-state index contributed by atoms with van der Waals surface area (Å²) in [4.78, 5) is 10.9. The van der Waals surface area contributed by atoms with Crippen molar-refractivity contribution in [1.29, 1.82) is 0 Å². The van der Waals surface area contributed by atoms with Gasteiger partial charge in [0, 0.05) is 10.5 Å². The number of benzene rings is 1. The number of carbonyl (C=O) groups is 1. The summed E-state index contributed by atoms with van der Waals surface area (Å²) in [6, 6.07) is 2.26. The molecule has 0 bridgehead atoms. The van der Waals surface area contributed by atoms with Crippen LogP contribution in [0.15, 0.2) is 22.7 Å². The summed E-state index contributed by atoms with van der Waals surface area (Å²) >= 11 is 2.96. The highest BCUT2D eigenvalue weighted by atomic mass is 79.9. The SMILES string of the molecule is COC(=O)/C=C/c1cc(Br)cc(C(F)(F)F)c1N. The van der Waals surface area contributed by atoms with Crippen LogP contribution in [0.1, 0.15) is 11.1 Å². The van der Waals surface area contributed by atoms with Gasteiger partial charge in [-0.2, -0.15) is 13.2 Å². The highest BCUT2D eigenvalue weighted by molar-refractivity contribution is 9.10. The van der Waals surface area contributed by atoms with E-state index in [4.69, 9.17) is 5.73 Å². The molecular formula is C11H9BrF3NO2. The first-order valence-electron chi connectivity index (χ1n) is 4.68. The molecule has 0 radical (unpaired) electrons. The summed E-state index contributed by atoms with van der Waals surface area (Å²) in [6.45, 7) is 0. The molecular weight excluding hydrogens is 315 g/mol. The van der Waals surface area contributed by atoms with Crippen LogP contribution < -0.4 is 5.73 Å². The Hall–Kier alpha value is -1.50. The Kier molecular flexibility index (Phi) is 4.39. The van der Waals surface area contributed by atoms with Crippen LogP contribution in [-0.2, 0) is 15.7 Å². The van der Waals surface area contributed by atoms with E-state index in [1.807, 2.05) is 0 Å². The maximum absolute atomic E-state index is 12.7. The zero-order valence-electron chi connectivity index (χ0n) is 9.22. The second kappa shape index (κ2) is 5.43. The van der Waals surface area contributed by atoms with E-state index in [0.717, 1.165) is 19.3 Å². The first kappa shape index (κ1) is 14.6. The lowest BCUT2D eigenvalue weighted by atomic mass is 10.1. The molecule has 0 fully saturated rings. The number of anilines is 1.